The van der Waals surface area contributed by atoms with E-state index >= 15 is 0 Å². The Kier molecular flexibility index (Phi) is 2.87. The normalized spacial score (nSPS) is 30.6. The Labute approximate surface area is 128 Å². The molecule has 1 aromatic rings. The van der Waals surface area contributed by atoms with Gasteiger partial charge in [0.15, 0.2) is 5.82 Å². The number of aliphatic imine (C=N–C) groups is 1. The summed E-state index contributed by atoms with van der Waals surface area (Å²) in [7, 11) is 3.81. The number of halogens is 1. The van der Waals surface area contributed by atoms with Crippen molar-refractivity contribution in [2.45, 2.75) is 37.3 Å². The molecule has 7 heteroatoms. The molecule has 1 aromatic heterocycles. The number of anilines is 2. The van der Waals surface area contributed by atoms with Gasteiger partial charge in [-0.25, -0.2) is 9.98 Å². The highest BCUT2D eigenvalue weighted by Crippen LogP contribution is 2.47. The quantitative estimate of drug-likeness (QED) is 0.744. The number of guanidine groups is 1. The first-order valence-corrected chi connectivity index (χ1v) is 7.66. The molecule has 2 aliphatic heterocycles. The molecule has 0 bridgehead atoms. The number of fused-ring (bicyclic) bond motifs is 4. The van der Waals surface area contributed by atoms with Crippen LogP contribution in [0.1, 0.15) is 25.7 Å². The fraction of sp³-hybridized carbons (Fsp3) is 0.643. The van der Waals surface area contributed by atoms with Gasteiger partial charge in [-0.2, -0.15) is 4.98 Å². The zero-order valence-electron chi connectivity index (χ0n) is 12.2. The number of hydrogen-bond donors (Lipinski definition) is 0. The third-order valence-electron chi connectivity index (χ3n) is 4.98. The van der Waals surface area contributed by atoms with E-state index in [2.05, 4.69) is 19.8 Å². The molecule has 112 valence electrons. The van der Waals surface area contributed by atoms with E-state index in [1.165, 1.54) is 0 Å². The highest BCUT2D eigenvalue weighted by Gasteiger charge is 2.51. The molecule has 3 aliphatic rings. The van der Waals surface area contributed by atoms with Gasteiger partial charge in [0.25, 0.3) is 0 Å². The van der Waals surface area contributed by atoms with E-state index in [1.807, 2.05) is 7.05 Å². The van der Waals surface area contributed by atoms with E-state index in [0.29, 0.717) is 6.10 Å². The van der Waals surface area contributed by atoms with Crippen LogP contribution in [0.15, 0.2) is 11.2 Å². The van der Waals surface area contributed by atoms with Gasteiger partial charge in [0.05, 0.1) is 24.4 Å². The summed E-state index contributed by atoms with van der Waals surface area (Å²) >= 11 is 6.01. The van der Waals surface area contributed by atoms with E-state index < -0.39 is 0 Å². The smallest absolute Gasteiger partial charge is 0.224 e. The highest BCUT2D eigenvalue weighted by molar-refractivity contribution is 6.28. The first kappa shape index (κ1) is 13.3. The zero-order valence-corrected chi connectivity index (χ0v) is 13.0. The van der Waals surface area contributed by atoms with Gasteiger partial charge in [-0.15, -0.1) is 0 Å². The summed E-state index contributed by atoms with van der Waals surface area (Å²) in [6.07, 6.45) is 6.40. The molecule has 0 radical (unpaired) electrons. The molecule has 0 amide bonds. The molecular weight excluding hydrogens is 290 g/mol. The number of ether oxygens (including phenoxy) is 1. The van der Waals surface area contributed by atoms with Crippen LogP contribution in [0.2, 0.25) is 5.28 Å². The first-order chi connectivity index (χ1) is 10.1. The summed E-state index contributed by atoms with van der Waals surface area (Å²) in [6, 6.07) is 0. The van der Waals surface area contributed by atoms with Crippen molar-refractivity contribution < 1.29 is 4.74 Å². The molecule has 3 heterocycles. The van der Waals surface area contributed by atoms with Gasteiger partial charge in [0.1, 0.15) is 5.69 Å². The van der Waals surface area contributed by atoms with E-state index in [-0.39, 0.29) is 10.8 Å². The average Bonchev–Trinajstić information content (AvgIpc) is 2.99. The zero-order chi connectivity index (χ0) is 14.6. The minimum Gasteiger partial charge on any atom is -0.381 e. The summed E-state index contributed by atoms with van der Waals surface area (Å²) < 4.78 is 5.50. The van der Waals surface area contributed by atoms with Gasteiger partial charge < -0.3 is 9.64 Å². The largest absolute Gasteiger partial charge is 0.381 e. The Morgan fingerprint density at radius 1 is 1.38 bits per heavy atom. The molecular formula is C14H18ClN5O. The first-order valence-electron chi connectivity index (χ1n) is 7.28. The maximum atomic E-state index is 6.01. The van der Waals surface area contributed by atoms with Crippen molar-refractivity contribution in [2.75, 3.05) is 30.5 Å². The summed E-state index contributed by atoms with van der Waals surface area (Å²) in [5, 5.41) is 0.288. The number of nitrogens with zero attached hydrogens (tertiary/aromatic N) is 5. The molecule has 1 fully saturated rings. The third kappa shape index (κ3) is 1.78. The molecule has 0 saturated heterocycles. The Bertz CT molecular complexity index is 611. The maximum absolute atomic E-state index is 6.01. The average molecular weight is 308 g/mol. The topological polar surface area (TPSA) is 53.9 Å². The molecule has 1 aliphatic carbocycles. The monoisotopic (exact) mass is 307 g/mol. The molecule has 4 rings (SSSR count). The minimum absolute atomic E-state index is 0.0293. The Hall–Kier alpha value is -1.40. The van der Waals surface area contributed by atoms with Crippen LogP contribution in [0.25, 0.3) is 0 Å². The van der Waals surface area contributed by atoms with Gasteiger partial charge in [0, 0.05) is 14.2 Å². The molecule has 6 nitrogen and oxygen atoms in total. The molecule has 0 unspecified atom stereocenters. The van der Waals surface area contributed by atoms with Crippen molar-refractivity contribution in [3.8, 4) is 0 Å². The van der Waals surface area contributed by atoms with E-state index in [1.54, 1.807) is 13.3 Å². The van der Waals surface area contributed by atoms with Crippen molar-refractivity contribution in [3.63, 3.8) is 0 Å². The van der Waals surface area contributed by atoms with Crippen LogP contribution < -0.4 is 9.80 Å². The van der Waals surface area contributed by atoms with E-state index in [0.717, 1.165) is 49.7 Å². The van der Waals surface area contributed by atoms with Crippen LogP contribution in [0.3, 0.4) is 0 Å². The van der Waals surface area contributed by atoms with Crippen molar-refractivity contribution in [3.05, 3.63) is 11.5 Å². The third-order valence-corrected chi connectivity index (χ3v) is 5.16. The lowest BCUT2D eigenvalue weighted by atomic mass is 9.79. The van der Waals surface area contributed by atoms with E-state index in [9.17, 15) is 0 Å². The fourth-order valence-corrected chi connectivity index (χ4v) is 3.88. The van der Waals surface area contributed by atoms with Gasteiger partial charge >= 0.3 is 0 Å². The van der Waals surface area contributed by atoms with Crippen LogP contribution in [0.5, 0.6) is 0 Å². The van der Waals surface area contributed by atoms with Crippen LogP contribution in [0, 0.1) is 0 Å². The molecule has 1 saturated carbocycles. The van der Waals surface area contributed by atoms with Crippen molar-refractivity contribution in [1.82, 2.24) is 9.97 Å². The second-order valence-corrected chi connectivity index (χ2v) is 6.36. The second kappa shape index (κ2) is 4.55. The van der Waals surface area contributed by atoms with Crippen molar-refractivity contribution in [2.24, 2.45) is 4.99 Å². The second-order valence-electron chi connectivity index (χ2n) is 6.02. The van der Waals surface area contributed by atoms with Crippen LogP contribution in [-0.2, 0) is 4.74 Å². The molecule has 0 atom stereocenters. The van der Waals surface area contributed by atoms with Gasteiger partial charge in [0.2, 0.25) is 11.2 Å². The lowest BCUT2D eigenvalue weighted by molar-refractivity contribution is 0.0532. The minimum atomic E-state index is 0.0293. The van der Waals surface area contributed by atoms with Crippen LogP contribution in [0.4, 0.5) is 11.5 Å². The summed E-state index contributed by atoms with van der Waals surface area (Å²) in [5.41, 5.74) is 1.01. The van der Waals surface area contributed by atoms with Crippen LogP contribution >= 0.6 is 11.6 Å². The van der Waals surface area contributed by atoms with Gasteiger partial charge in [-0.3, -0.25) is 4.90 Å². The Morgan fingerprint density at radius 2 is 2.14 bits per heavy atom. The van der Waals surface area contributed by atoms with Crippen LogP contribution in [-0.4, -0.2) is 48.3 Å². The fourth-order valence-electron chi connectivity index (χ4n) is 3.75. The van der Waals surface area contributed by atoms with Gasteiger partial charge in [-0.05, 0) is 37.3 Å². The SMILES string of the molecule is COC1CCC2(CC1)CN=C1N(C)c3cnc(Cl)nc3N12. The molecule has 21 heavy (non-hydrogen) atoms. The lowest BCUT2D eigenvalue weighted by Gasteiger charge is -2.41. The standard InChI is InChI=1S/C14H18ClN5O/c1-19-10-7-16-12(15)18-11(10)20-13(19)17-8-14(20)5-3-9(21-2)4-6-14/h7,9H,3-6,8H2,1-2H3. The Morgan fingerprint density at radius 3 is 2.86 bits per heavy atom. The van der Waals surface area contributed by atoms with Crippen molar-refractivity contribution >= 4 is 29.1 Å². The predicted molar refractivity (Wildman–Crippen MR) is 82.2 cm³/mol. The number of rotatable bonds is 1. The van der Waals surface area contributed by atoms with E-state index in [4.69, 9.17) is 21.3 Å². The number of methoxy groups -OCH3 is 1. The lowest BCUT2D eigenvalue weighted by Crippen LogP contribution is -2.53. The highest BCUT2D eigenvalue weighted by atomic mass is 35.5. The Balaban J connectivity index is 1.73. The van der Waals surface area contributed by atoms with Gasteiger partial charge in [-0.1, -0.05) is 0 Å². The number of hydrogen-bond acceptors (Lipinski definition) is 6. The molecule has 0 N–H and O–H groups in total. The maximum Gasteiger partial charge on any atom is 0.224 e. The molecule has 0 aromatic carbocycles. The predicted octanol–water partition coefficient (Wildman–Crippen LogP) is 2.08. The summed E-state index contributed by atoms with van der Waals surface area (Å²) in [4.78, 5) is 17.7. The molecule has 1 spiro atoms. The number of aromatic nitrogens is 2. The van der Waals surface area contributed by atoms with Crippen molar-refractivity contribution in [1.29, 1.82) is 0 Å². The summed E-state index contributed by atoms with van der Waals surface area (Å²) in [6.45, 7) is 0.824. The summed E-state index contributed by atoms with van der Waals surface area (Å²) in [5.74, 6) is 1.86.